The van der Waals surface area contributed by atoms with Crippen molar-refractivity contribution in [2.24, 2.45) is 11.8 Å². The number of carboxylic acid groups (broad SMARTS) is 1. The van der Waals surface area contributed by atoms with E-state index in [9.17, 15) is 24.3 Å². The maximum Gasteiger partial charge on any atom is 0.326 e. The smallest absolute Gasteiger partial charge is 0.326 e. The molecular weight excluding hydrogens is 420 g/mol. The van der Waals surface area contributed by atoms with Crippen LogP contribution in [-0.2, 0) is 19.2 Å². The number of nitrogens with one attached hydrogen (secondary N) is 4. The lowest BCUT2D eigenvalue weighted by Crippen LogP contribution is -2.58. The Balaban J connectivity index is 2.85. The van der Waals surface area contributed by atoms with Crippen molar-refractivity contribution < 1.29 is 24.3 Å². The first-order valence-corrected chi connectivity index (χ1v) is 12.3. The van der Waals surface area contributed by atoms with Crippen LogP contribution >= 0.6 is 11.8 Å². The fourth-order valence-corrected chi connectivity index (χ4v) is 3.90. The Kier molecular flexibility index (Phi) is 11.9. The molecule has 0 aromatic heterocycles. The molecular formula is C21H38N4O5S. The van der Waals surface area contributed by atoms with Crippen molar-refractivity contribution in [3.05, 3.63) is 0 Å². The molecule has 0 bridgehead atoms. The summed E-state index contributed by atoms with van der Waals surface area (Å²) in [4.78, 5) is 49.8. The van der Waals surface area contributed by atoms with E-state index < -0.39 is 35.9 Å². The lowest BCUT2D eigenvalue weighted by atomic mass is 10.0. The number of thioether (sulfide) groups is 1. The van der Waals surface area contributed by atoms with Crippen LogP contribution in [0.2, 0.25) is 0 Å². The van der Waals surface area contributed by atoms with Crippen molar-refractivity contribution >= 4 is 35.5 Å². The molecule has 0 radical (unpaired) electrons. The van der Waals surface area contributed by atoms with Crippen LogP contribution in [0.1, 0.15) is 53.4 Å². The summed E-state index contributed by atoms with van der Waals surface area (Å²) in [5.41, 5.74) is 0. The molecule has 1 fully saturated rings. The van der Waals surface area contributed by atoms with Gasteiger partial charge in [0, 0.05) is 0 Å². The summed E-state index contributed by atoms with van der Waals surface area (Å²) in [5.74, 6) is -1.77. The number of rotatable bonds is 13. The summed E-state index contributed by atoms with van der Waals surface area (Å²) in [6.45, 7) is 8.18. The van der Waals surface area contributed by atoms with Gasteiger partial charge in [-0.15, -0.1) is 0 Å². The minimum absolute atomic E-state index is 0.0883. The van der Waals surface area contributed by atoms with E-state index in [1.807, 2.05) is 34.0 Å². The van der Waals surface area contributed by atoms with E-state index in [0.29, 0.717) is 18.6 Å². The lowest BCUT2D eigenvalue weighted by molar-refractivity contribution is -0.142. The van der Waals surface area contributed by atoms with Crippen LogP contribution in [0.15, 0.2) is 0 Å². The molecule has 4 atom stereocenters. The normalized spacial score (nSPS) is 19.0. The quantitative estimate of drug-likeness (QED) is 0.274. The van der Waals surface area contributed by atoms with Gasteiger partial charge in [-0.1, -0.05) is 27.7 Å². The average Bonchev–Trinajstić information content (AvgIpc) is 3.22. The molecule has 5 N–H and O–H groups in total. The highest BCUT2D eigenvalue weighted by Gasteiger charge is 2.32. The molecule has 1 heterocycles. The monoisotopic (exact) mass is 458 g/mol. The molecule has 10 heteroatoms. The topological polar surface area (TPSA) is 137 Å². The van der Waals surface area contributed by atoms with Gasteiger partial charge in [-0.2, -0.15) is 11.8 Å². The van der Waals surface area contributed by atoms with Crippen molar-refractivity contribution in [1.82, 2.24) is 21.3 Å². The Morgan fingerprint density at radius 1 is 1.03 bits per heavy atom. The third-order valence-electron chi connectivity index (χ3n) is 5.19. The van der Waals surface area contributed by atoms with E-state index in [1.54, 1.807) is 0 Å². The molecule has 1 aliphatic rings. The van der Waals surface area contributed by atoms with E-state index in [-0.39, 0.29) is 23.8 Å². The first-order valence-electron chi connectivity index (χ1n) is 10.9. The van der Waals surface area contributed by atoms with Crippen LogP contribution in [0, 0.1) is 11.8 Å². The van der Waals surface area contributed by atoms with Crippen molar-refractivity contribution in [2.45, 2.75) is 77.5 Å². The fraction of sp³-hybridized carbons (Fsp3) is 0.810. The molecule has 1 saturated heterocycles. The SMILES string of the molecule is CSCCC(NC(=O)C(NC(=O)C1CCCN1)C(C)C)C(=O)NC(CC(C)C)C(=O)O. The van der Waals surface area contributed by atoms with Crippen LogP contribution in [-0.4, -0.2) is 71.5 Å². The van der Waals surface area contributed by atoms with Crippen molar-refractivity contribution in [1.29, 1.82) is 0 Å². The van der Waals surface area contributed by atoms with Crippen molar-refractivity contribution in [3.63, 3.8) is 0 Å². The second-order valence-electron chi connectivity index (χ2n) is 8.75. The first-order chi connectivity index (χ1) is 14.6. The second kappa shape index (κ2) is 13.6. The van der Waals surface area contributed by atoms with E-state index >= 15 is 0 Å². The predicted octanol–water partition coefficient (Wildman–Crippen LogP) is 0.733. The molecule has 31 heavy (non-hydrogen) atoms. The number of amides is 3. The van der Waals surface area contributed by atoms with Crippen LogP contribution in [0.5, 0.6) is 0 Å². The number of hydrogen-bond donors (Lipinski definition) is 5. The van der Waals surface area contributed by atoms with Gasteiger partial charge in [-0.05, 0) is 56.1 Å². The summed E-state index contributed by atoms with van der Waals surface area (Å²) >= 11 is 1.53. The molecule has 178 valence electrons. The molecule has 0 spiro atoms. The van der Waals surface area contributed by atoms with Gasteiger partial charge in [-0.3, -0.25) is 14.4 Å². The number of hydrogen-bond acceptors (Lipinski definition) is 6. The third kappa shape index (κ3) is 9.47. The number of carbonyl (C=O) groups is 4. The Morgan fingerprint density at radius 2 is 1.68 bits per heavy atom. The van der Waals surface area contributed by atoms with Crippen molar-refractivity contribution in [3.8, 4) is 0 Å². The van der Waals surface area contributed by atoms with Gasteiger partial charge in [0.2, 0.25) is 17.7 Å². The number of aliphatic carboxylic acids is 1. The zero-order valence-electron chi connectivity index (χ0n) is 19.2. The van der Waals surface area contributed by atoms with Gasteiger partial charge < -0.3 is 26.4 Å². The molecule has 9 nitrogen and oxygen atoms in total. The van der Waals surface area contributed by atoms with Crippen molar-refractivity contribution in [2.75, 3.05) is 18.6 Å². The molecule has 4 unspecified atom stereocenters. The molecule has 3 amide bonds. The highest BCUT2D eigenvalue weighted by atomic mass is 32.2. The fourth-order valence-electron chi connectivity index (χ4n) is 3.43. The molecule has 0 aliphatic carbocycles. The standard InChI is InChI=1S/C21H38N4O5S/c1-12(2)11-16(21(29)30)24-19(27)15(8-10-31-5)23-20(28)17(13(3)4)25-18(26)14-7-6-9-22-14/h12-17,22H,6-11H2,1-5H3,(H,23,28)(H,24,27)(H,25,26)(H,29,30). The highest BCUT2D eigenvalue weighted by molar-refractivity contribution is 7.98. The van der Waals surface area contributed by atoms with Crippen LogP contribution in [0.4, 0.5) is 0 Å². The van der Waals surface area contributed by atoms with Crippen LogP contribution < -0.4 is 21.3 Å². The maximum absolute atomic E-state index is 13.0. The maximum atomic E-state index is 13.0. The van der Waals surface area contributed by atoms with Gasteiger partial charge in [0.05, 0.1) is 6.04 Å². The van der Waals surface area contributed by atoms with Gasteiger partial charge in [0.25, 0.3) is 0 Å². The average molecular weight is 459 g/mol. The van der Waals surface area contributed by atoms with E-state index in [2.05, 4.69) is 21.3 Å². The molecule has 1 aliphatic heterocycles. The number of carbonyl (C=O) groups excluding carboxylic acids is 3. The Morgan fingerprint density at radius 3 is 2.16 bits per heavy atom. The zero-order valence-corrected chi connectivity index (χ0v) is 20.0. The van der Waals surface area contributed by atoms with Gasteiger partial charge >= 0.3 is 5.97 Å². The second-order valence-corrected chi connectivity index (χ2v) is 9.74. The zero-order chi connectivity index (χ0) is 23.6. The van der Waals surface area contributed by atoms with Gasteiger partial charge in [0.15, 0.2) is 0 Å². The minimum atomic E-state index is -1.10. The molecule has 0 aromatic carbocycles. The third-order valence-corrected chi connectivity index (χ3v) is 5.83. The van der Waals surface area contributed by atoms with Crippen LogP contribution in [0.25, 0.3) is 0 Å². The summed E-state index contributed by atoms with van der Waals surface area (Å²) in [6.07, 6.45) is 4.18. The summed E-state index contributed by atoms with van der Waals surface area (Å²) in [5, 5.41) is 20.6. The molecule has 0 saturated carbocycles. The highest BCUT2D eigenvalue weighted by Crippen LogP contribution is 2.10. The summed E-state index contributed by atoms with van der Waals surface area (Å²) in [7, 11) is 0. The summed E-state index contributed by atoms with van der Waals surface area (Å²) < 4.78 is 0. The molecule has 0 aromatic rings. The molecule has 1 rings (SSSR count). The largest absolute Gasteiger partial charge is 0.480 e. The van der Waals surface area contributed by atoms with E-state index in [0.717, 1.165) is 19.4 Å². The predicted molar refractivity (Wildman–Crippen MR) is 122 cm³/mol. The number of carboxylic acids is 1. The van der Waals surface area contributed by atoms with Crippen LogP contribution in [0.3, 0.4) is 0 Å². The Hall–Kier alpha value is -1.81. The first kappa shape index (κ1) is 27.2. The Labute approximate surface area is 189 Å². The van der Waals surface area contributed by atoms with E-state index in [4.69, 9.17) is 0 Å². The minimum Gasteiger partial charge on any atom is -0.480 e. The van der Waals surface area contributed by atoms with E-state index in [1.165, 1.54) is 11.8 Å². The van der Waals surface area contributed by atoms with Gasteiger partial charge in [-0.25, -0.2) is 4.79 Å². The Bertz CT molecular complexity index is 623. The summed E-state index contributed by atoms with van der Waals surface area (Å²) in [6, 6.07) is -2.99. The lowest BCUT2D eigenvalue weighted by Gasteiger charge is -2.27. The van der Waals surface area contributed by atoms with Gasteiger partial charge in [0.1, 0.15) is 18.1 Å².